The topological polar surface area (TPSA) is 15.3 Å². The summed E-state index contributed by atoms with van der Waals surface area (Å²) in [5.74, 6) is 0. The minimum atomic E-state index is 0.414. The first kappa shape index (κ1) is 12.9. The van der Waals surface area contributed by atoms with Crippen LogP contribution in [0.5, 0.6) is 0 Å². The smallest absolute Gasteiger partial charge is 0.0280 e. The first-order valence-corrected chi connectivity index (χ1v) is 8.17. The monoisotopic (exact) mass is 250 g/mol. The maximum Gasteiger partial charge on any atom is 0.0280 e. The third-order valence-corrected chi connectivity index (χ3v) is 5.86. The molecular weight excluding hydrogens is 220 g/mol. The molecule has 1 saturated carbocycles. The van der Waals surface area contributed by atoms with E-state index in [-0.39, 0.29) is 0 Å². The summed E-state index contributed by atoms with van der Waals surface area (Å²) in [4.78, 5) is 2.73. The third-order valence-electron chi connectivity index (χ3n) is 5.86. The number of hydrogen-bond donors (Lipinski definition) is 1. The molecule has 2 saturated heterocycles. The molecule has 2 heteroatoms. The fraction of sp³-hybridized carbons (Fsp3) is 1.00. The maximum atomic E-state index is 3.71. The van der Waals surface area contributed by atoms with E-state index < -0.39 is 0 Å². The van der Waals surface area contributed by atoms with Crippen LogP contribution in [0.25, 0.3) is 0 Å². The van der Waals surface area contributed by atoms with Crippen molar-refractivity contribution in [1.29, 1.82) is 0 Å². The summed E-state index contributed by atoms with van der Waals surface area (Å²) in [7, 11) is 0. The van der Waals surface area contributed by atoms with Crippen molar-refractivity contribution in [3.05, 3.63) is 0 Å². The van der Waals surface area contributed by atoms with E-state index in [0.29, 0.717) is 5.54 Å². The highest BCUT2D eigenvalue weighted by Gasteiger charge is 2.37. The van der Waals surface area contributed by atoms with Gasteiger partial charge < -0.3 is 10.2 Å². The summed E-state index contributed by atoms with van der Waals surface area (Å²) in [5.41, 5.74) is 1.18. The first-order valence-electron chi connectivity index (χ1n) is 8.17. The van der Waals surface area contributed by atoms with Crippen LogP contribution in [-0.2, 0) is 0 Å². The average molecular weight is 250 g/mol. The van der Waals surface area contributed by atoms with E-state index in [1.807, 2.05) is 0 Å². The Bertz CT molecular complexity index is 265. The zero-order valence-electron chi connectivity index (χ0n) is 12.1. The molecule has 0 aromatic heterocycles. The Morgan fingerprint density at radius 3 is 2.22 bits per heavy atom. The number of hydrogen-bond acceptors (Lipinski definition) is 2. The van der Waals surface area contributed by atoms with Crippen molar-refractivity contribution in [3.63, 3.8) is 0 Å². The summed E-state index contributed by atoms with van der Waals surface area (Å²) in [5, 5.41) is 3.71. The van der Waals surface area contributed by atoms with Crippen LogP contribution >= 0.6 is 0 Å². The van der Waals surface area contributed by atoms with Gasteiger partial charge in [0.25, 0.3) is 0 Å². The summed E-state index contributed by atoms with van der Waals surface area (Å²) >= 11 is 0. The van der Waals surface area contributed by atoms with Gasteiger partial charge in [-0.15, -0.1) is 0 Å². The fourth-order valence-electron chi connectivity index (χ4n) is 4.57. The molecule has 3 fully saturated rings. The molecule has 2 nitrogen and oxygen atoms in total. The van der Waals surface area contributed by atoms with Crippen LogP contribution in [0.2, 0.25) is 0 Å². The standard InChI is InChI=1S/C16H30N2/c1-15(6-5-11-17-15)14-18-12-9-16(10-13-18)7-3-2-4-8-16/h17H,2-14H2,1H3. The van der Waals surface area contributed by atoms with Gasteiger partial charge in [0.2, 0.25) is 0 Å². The predicted molar refractivity (Wildman–Crippen MR) is 76.8 cm³/mol. The minimum absolute atomic E-state index is 0.414. The number of piperidine rings is 1. The van der Waals surface area contributed by atoms with Crippen molar-refractivity contribution in [2.24, 2.45) is 5.41 Å². The van der Waals surface area contributed by atoms with Gasteiger partial charge in [-0.1, -0.05) is 19.3 Å². The van der Waals surface area contributed by atoms with E-state index in [9.17, 15) is 0 Å². The molecule has 0 radical (unpaired) electrons. The Labute approximate surface area is 113 Å². The van der Waals surface area contributed by atoms with Gasteiger partial charge in [0.1, 0.15) is 0 Å². The molecule has 18 heavy (non-hydrogen) atoms. The van der Waals surface area contributed by atoms with Gasteiger partial charge in [0.15, 0.2) is 0 Å². The molecule has 104 valence electrons. The van der Waals surface area contributed by atoms with Crippen LogP contribution in [0, 0.1) is 5.41 Å². The number of nitrogens with one attached hydrogen (secondary N) is 1. The molecule has 1 aliphatic carbocycles. The zero-order valence-corrected chi connectivity index (χ0v) is 12.1. The van der Waals surface area contributed by atoms with Gasteiger partial charge in [0.05, 0.1) is 0 Å². The molecule has 1 N–H and O–H groups in total. The van der Waals surface area contributed by atoms with Crippen molar-refractivity contribution in [2.45, 2.75) is 70.3 Å². The molecule has 1 unspecified atom stereocenters. The van der Waals surface area contributed by atoms with Gasteiger partial charge >= 0.3 is 0 Å². The lowest BCUT2D eigenvalue weighted by Gasteiger charge is -2.46. The van der Waals surface area contributed by atoms with Gasteiger partial charge in [-0.2, -0.15) is 0 Å². The zero-order chi connectivity index (χ0) is 12.5. The van der Waals surface area contributed by atoms with Gasteiger partial charge in [-0.3, -0.25) is 0 Å². The molecule has 3 aliphatic rings. The third kappa shape index (κ3) is 2.75. The largest absolute Gasteiger partial charge is 0.310 e. The quantitative estimate of drug-likeness (QED) is 0.810. The Hall–Kier alpha value is -0.0800. The summed E-state index contributed by atoms with van der Waals surface area (Å²) in [6, 6.07) is 0. The lowest BCUT2D eigenvalue weighted by molar-refractivity contribution is 0.0554. The summed E-state index contributed by atoms with van der Waals surface area (Å²) in [6.07, 6.45) is 13.2. The Kier molecular flexibility index (Phi) is 3.68. The van der Waals surface area contributed by atoms with Crippen molar-refractivity contribution < 1.29 is 0 Å². The normalized spacial score (nSPS) is 37.2. The summed E-state index contributed by atoms with van der Waals surface area (Å²) in [6.45, 7) is 7.65. The Morgan fingerprint density at radius 2 is 1.61 bits per heavy atom. The second kappa shape index (κ2) is 5.13. The number of nitrogens with zero attached hydrogens (tertiary/aromatic N) is 1. The van der Waals surface area contributed by atoms with Crippen molar-refractivity contribution in [3.8, 4) is 0 Å². The van der Waals surface area contributed by atoms with E-state index in [0.717, 1.165) is 5.41 Å². The molecule has 0 aromatic carbocycles. The Morgan fingerprint density at radius 1 is 0.889 bits per heavy atom. The van der Waals surface area contributed by atoms with Crippen molar-refractivity contribution in [1.82, 2.24) is 10.2 Å². The molecule has 0 bridgehead atoms. The first-order chi connectivity index (χ1) is 8.70. The van der Waals surface area contributed by atoms with Gasteiger partial charge in [0, 0.05) is 12.1 Å². The van der Waals surface area contributed by atoms with Gasteiger partial charge in [-0.25, -0.2) is 0 Å². The van der Waals surface area contributed by atoms with Crippen molar-refractivity contribution >= 4 is 0 Å². The fourth-order valence-corrected chi connectivity index (χ4v) is 4.57. The molecule has 3 rings (SSSR count). The highest BCUT2D eigenvalue weighted by Crippen LogP contribution is 2.44. The van der Waals surface area contributed by atoms with Gasteiger partial charge in [-0.05, 0) is 70.5 Å². The number of rotatable bonds is 2. The highest BCUT2D eigenvalue weighted by atomic mass is 15.2. The second-order valence-corrected chi connectivity index (χ2v) is 7.43. The Balaban J connectivity index is 1.50. The van der Waals surface area contributed by atoms with E-state index in [1.165, 1.54) is 84.0 Å². The van der Waals surface area contributed by atoms with Crippen LogP contribution in [0.15, 0.2) is 0 Å². The second-order valence-electron chi connectivity index (χ2n) is 7.43. The predicted octanol–water partition coefficient (Wildman–Crippen LogP) is 3.17. The summed E-state index contributed by atoms with van der Waals surface area (Å²) < 4.78 is 0. The lowest BCUT2D eigenvalue weighted by atomic mass is 9.68. The van der Waals surface area contributed by atoms with E-state index in [4.69, 9.17) is 0 Å². The van der Waals surface area contributed by atoms with Crippen LogP contribution in [0.4, 0.5) is 0 Å². The number of likely N-dealkylation sites (tertiary alicyclic amines) is 1. The van der Waals surface area contributed by atoms with Crippen LogP contribution in [0.3, 0.4) is 0 Å². The van der Waals surface area contributed by atoms with Crippen LogP contribution < -0.4 is 5.32 Å². The van der Waals surface area contributed by atoms with Crippen LogP contribution in [0.1, 0.15) is 64.7 Å². The van der Waals surface area contributed by atoms with E-state index in [2.05, 4.69) is 17.1 Å². The molecule has 2 aliphatic heterocycles. The average Bonchev–Trinajstić information content (AvgIpc) is 2.81. The van der Waals surface area contributed by atoms with E-state index in [1.54, 1.807) is 0 Å². The van der Waals surface area contributed by atoms with Crippen molar-refractivity contribution in [2.75, 3.05) is 26.2 Å². The molecular formula is C16H30N2. The SMILES string of the molecule is CC1(CN2CCC3(CCCCC3)CC2)CCCN1. The molecule has 0 amide bonds. The lowest BCUT2D eigenvalue weighted by Crippen LogP contribution is -2.51. The van der Waals surface area contributed by atoms with E-state index >= 15 is 0 Å². The highest BCUT2D eigenvalue weighted by molar-refractivity contribution is 4.94. The maximum absolute atomic E-state index is 3.71. The minimum Gasteiger partial charge on any atom is -0.310 e. The molecule has 0 aromatic rings. The molecule has 1 atom stereocenters. The molecule has 2 heterocycles. The van der Waals surface area contributed by atoms with Crippen LogP contribution in [-0.4, -0.2) is 36.6 Å². The molecule has 1 spiro atoms.